The van der Waals surface area contributed by atoms with Crippen LogP contribution >= 0.6 is 11.3 Å². The van der Waals surface area contributed by atoms with Crippen molar-refractivity contribution in [3.63, 3.8) is 0 Å². The lowest BCUT2D eigenvalue weighted by molar-refractivity contribution is 0.0762. The van der Waals surface area contributed by atoms with Crippen molar-refractivity contribution < 1.29 is 4.74 Å². The van der Waals surface area contributed by atoms with E-state index in [0.29, 0.717) is 6.61 Å². The first-order valence-electron chi connectivity index (χ1n) is 6.47. The van der Waals surface area contributed by atoms with Gasteiger partial charge in [0.15, 0.2) is 0 Å². The predicted octanol–water partition coefficient (Wildman–Crippen LogP) is 3.08. The molecule has 0 radical (unpaired) electrons. The third kappa shape index (κ3) is 2.39. The van der Waals surface area contributed by atoms with Gasteiger partial charge in [-0.15, -0.1) is 11.3 Å². The van der Waals surface area contributed by atoms with E-state index in [4.69, 9.17) is 4.74 Å². The van der Waals surface area contributed by atoms with Crippen LogP contribution in [0, 0.1) is 0 Å². The van der Waals surface area contributed by atoms with Gasteiger partial charge in [-0.1, -0.05) is 6.07 Å². The van der Waals surface area contributed by atoms with Crippen molar-refractivity contribution in [1.82, 2.24) is 15.0 Å². The molecule has 0 aliphatic heterocycles. The third-order valence-corrected chi connectivity index (χ3v) is 4.10. The fourth-order valence-electron chi connectivity index (χ4n) is 2.12. The van der Waals surface area contributed by atoms with Crippen molar-refractivity contribution >= 4 is 22.4 Å². The first kappa shape index (κ1) is 13.1. The summed E-state index contributed by atoms with van der Waals surface area (Å²) < 4.78 is 5.55. The number of hydrogen-bond donors (Lipinski definition) is 2. The van der Waals surface area contributed by atoms with Crippen molar-refractivity contribution in [1.29, 1.82) is 0 Å². The zero-order chi connectivity index (χ0) is 14.1. The Morgan fingerprint density at radius 3 is 2.95 bits per heavy atom. The third-order valence-electron chi connectivity index (χ3n) is 3.10. The molecule has 0 saturated carbocycles. The van der Waals surface area contributed by atoms with Crippen LogP contribution in [0.5, 0.6) is 0 Å². The molecule has 2 N–H and O–H groups in total. The Kier molecular flexibility index (Phi) is 3.42. The maximum atomic E-state index is 11.3. The number of benzene rings is 1. The fraction of sp³-hybridized carbons (Fsp3) is 0.286. The van der Waals surface area contributed by atoms with Crippen LogP contribution in [0.2, 0.25) is 0 Å². The Bertz CT molecular complexity index is 787. The molecular formula is C14H15N3O2S. The summed E-state index contributed by atoms with van der Waals surface area (Å²) in [5, 5.41) is 2.97. The van der Waals surface area contributed by atoms with Gasteiger partial charge in [0.25, 0.3) is 0 Å². The Morgan fingerprint density at radius 1 is 1.35 bits per heavy atom. The second-order valence-electron chi connectivity index (χ2n) is 4.51. The maximum absolute atomic E-state index is 11.3. The molecule has 2 heterocycles. The molecule has 0 aliphatic carbocycles. The summed E-state index contributed by atoms with van der Waals surface area (Å²) in [6, 6.07) is 5.77. The molecule has 1 aromatic carbocycles. The molecule has 1 unspecified atom stereocenters. The highest BCUT2D eigenvalue weighted by atomic mass is 32.1. The van der Waals surface area contributed by atoms with Crippen molar-refractivity contribution in [3.8, 4) is 11.3 Å². The van der Waals surface area contributed by atoms with Gasteiger partial charge in [-0.2, -0.15) is 0 Å². The largest absolute Gasteiger partial charge is 0.372 e. The number of thiazole rings is 1. The second-order valence-corrected chi connectivity index (χ2v) is 5.40. The van der Waals surface area contributed by atoms with E-state index in [1.165, 1.54) is 0 Å². The average Bonchev–Trinajstić information content (AvgIpc) is 3.02. The molecule has 0 amide bonds. The van der Waals surface area contributed by atoms with E-state index in [0.717, 1.165) is 27.3 Å². The van der Waals surface area contributed by atoms with Gasteiger partial charge in [-0.3, -0.25) is 0 Å². The van der Waals surface area contributed by atoms with Crippen LogP contribution in [0.25, 0.3) is 22.3 Å². The lowest BCUT2D eigenvalue weighted by atomic mass is 10.1. The summed E-state index contributed by atoms with van der Waals surface area (Å²) in [6.07, 6.45) is 0.00884. The second kappa shape index (κ2) is 5.22. The van der Waals surface area contributed by atoms with Crippen LogP contribution in [-0.4, -0.2) is 21.6 Å². The number of nitrogens with zero attached hydrogens (tertiary/aromatic N) is 1. The van der Waals surface area contributed by atoms with E-state index in [1.54, 1.807) is 11.3 Å². The van der Waals surface area contributed by atoms with Crippen molar-refractivity contribution in [3.05, 3.63) is 39.1 Å². The maximum Gasteiger partial charge on any atom is 0.323 e. The molecule has 3 rings (SSSR count). The predicted molar refractivity (Wildman–Crippen MR) is 80.1 cm³/mol. The number of ether oxygens (including phenoxy) is 1. The van der Waals surface area contributed by atoms with Gasteiger partial charge in [-0.25, -0.2) is 9.78 Å². The Morgan fingerprint density at radius 2 is 2.15 bits per heavy atom. The quantitative estimate of drug-likeness (QED) is 0.775. The molecule has 0 fully saturated rings. The normalized spacial score (nSPS) is 12.9. The van der Waals surface area contributed by atoms with Gasteiger partial charge in [-0.05, 0) is 26.0 Å². The van der Waals surface area contributed by atoms with Gasteiger partial charge in [0.05, 0.1) is 16.7 Å². The monoisotopic (exact) mass is 289 g/mol. The zero-order valence-corrected chi connectivity index (χ0v) is 12.1. The molecule has 0 bridgehead atoms. The molecule has 2 aromatic heterocycles. The number of aromatic amines is 2. The molecule has 6 heteroatoms. The number of aromatic nitrogens is 3. The number of hydrogen-bond acceptors (Lipinski definition) is 4. The van der Waals surface area contributed by atoms with Crippen molar-refractivity contribution in [2.24, 2.45) is 0 Å². The number of fused-ring (bicyclic) bond motifs is 1. The van der Waals surface area contributed by atoms with Gasteiger partial charge in [0, 0.05) is 17.6 Å². The average molecular weight is 289 g/mol. The Balaban J connectivity index is 1.96. The number of rotatable bonds is 4. The van der Waals surface area contributed by atoms with E-state index in [-0.39, 0.29) is 11.8 Å². The topological polar surface area (TPSA) is 70.8 Å². The van der Waals surface area contributed by atoms with Gasteiger partial charge in [0.1, 0.15) is 11.1 Å². The first-order chi connectivity index (χ1) is 9.67. The van der Waals surface area contributed by atoms with Gasteiger partial charge < -0.3 is 14.7 Å². The lowest BCUT2D eigenvalue weighted by Crippen LogP contribution is -1.99. The highest BCUT2D eigenvalue weighted by molar-refractivity contribution is 7.10. The van der Waals surface area contributed by atoms with E-state index in [2.05, 4.69) is 15.0 Å². The minimum absolute atomic E-state index is 0.00884. The van der Waals surface area contributed by atoms with Gasteiger partial charge >= 0.3 is 5.69 Å². The van der Waals surface area contributed by atoms with E-state index >= 15 is 0 Å². The molecule has 0 aliphatic rings. The van der Waals surface area contributed by atoms with E-state index < -0.39 is 0 Å². The smallest absolute Gasteiger partial charge is 0.323 e. The SMILES string of the molecule is CCOC(C)c1nc(-c2ccc3[nH]c(=O)[nH]c3c2)cs1. The summed E-state index contributed by atoms with van der Waals surface area (Å²) in [4.78, 5) is 21.4. The Hall–Kier alpha value is -1.92. The highest BCUT2D eigenvalue weighted by Crippen LogP contribution is 2.28. The number of H-pyrrole nitrogens is 2. The highest BCUT2D eigenvalue weighted by Gasteiger charge is 2.12. The summed E-state index contributed by atoms with van der Waals surface area (Å²) in [6.45, 7) is 4.65. The standard InChI is InChI=1S/C14H15N3O2S/c1-3-19-8(2)13-15-12(7-20-13)9-4-5-10-11(6-9)17-14(18)16-10/h4-8H,3H2,1-2H3,(H2,16,17,18). The molecule has 0 spiro atoms. The molecular weight excluding hydrogens is 274 g/mol. The van der Waals surface area contributed by atoms with E-state index in [9.17, 15) is 4.79 Å². The molecule has 3 aromatic rings. The van der Waals surface area contributed by atoms with Crippen LogP contribution < -0.4 is 5.69 Å². The first-order valence-corrected chi connectivity index (χ1v) is 7.35. The van der Waals surface area contributed by atoms with Crippen LogP contribution in [0.4, 0.5) is 0 Å². The molecule has 104 valence electrons. The molecule has 0 saturated heterocycles. The molecule has 5 nitrogen and oxygen atoms in total. The fourth-order valence-corrected chi connectivity index (χ4v) is 2.95. The minimum atomic E-state index is -0.193. The zero-order valence-electron chi connectivity index (χ0n) is 11.3. The summed E-state index contributed by atoms with van der Waals surface area (Å²) in [7, 11) is 0. The van der Waals surface area contributed by atoms with Crippen LogP contribution in [-0.2, 0) is 4.74 Å². The lowest BCUT2D eigenvalue weighted by Gasteiger charge is -2.06. The molecule has 1 atom stereocenters. The Labute approximate surface area is 119 Å². The van der Waals surface area contributed by atoms with Crippen molar-refractivity contribution in [2.45, 2.75) is 20.0 Å². The number of nitrogens with one attached hydrogen (secondary N) is 2. The van der Waals surface area contributed by atoms with Crippen molar-refractivity contribution in [2.75, 3.05) is 6.61 Å². The summed E-state index contributed by atoms with van der Waals surface area (Å²) in [5.41, 5.74) is 3.29. The van der Waals surface area contributed by atoms with Crippen LogP contribution in [0.3, 0.4) is 0 Å². The summed E-state index contributed by atoms with van der Waals surface area (Å²) >= 11 is 1.59. The minimum Gasteiger partial charge on any atom is -0.372 e. The van der Waals surface area contributed by atoms with Crippen LogP contribution in [0.1, 0.15) is 25.0 Å². The summed E-state index contributed by atoms with van der Waals surface area (Å²) in [5.74, 6) is 0. The van der Waals surface area contributed by atoms with Crippen LogP contribution in [0.15, 0.2) is 28.4 Å². The number of imidazole rings is 1. The molecule has 20 heavy (non-hydrogen) atoms. The van der Waals surface area contributed by atoms with E-state index in [1.807, 2.05) is 37.4 Å². The van der Waals surface area contributed by atoms with Gasteiger partial charge in [0.2, 0.25) is 0 Å².